The summed E-state index contributed by atoms with van der Waals surface area (Å²) in [7, 11) is 0. The monoisotopic (exact) mass is 360 g/mol. The largest absolute Gasteiger partial charge is 0.458 e. The zero-order valence-corrected chi connectivity index (χ0v) is 15.0. The molecule has 1 atom stereocenters. The number of nitrogens with zero attached hydrogens (tertiary/aromatic N) is 2. The lowest BCUT2D eigenvalue weighted by Gasteiger charge is -2.41. The molecule has 1 amide bonds. The van der Waals surface area contributed by atoms with Crippen molar-refractivity contribution in [3.8, 4) is 0 Å². The molecular weight excluding hydrogens is 335 g/mol. The molecule has 140 valence electrons. The van der Waals surface area contributed by atoms with Gasteiger partial charge in [-0.2, -0.15) is 0 Å². The van der Waals surface area contributed by atoms with E-state index in [1.165, 1.54) is 12.1 Å². The molecule has 2 aliphatic heterocycles. The second-order valence-corrected chi connectivity index (χ2v) is 7.64. The number of hydrogen-bond donors (Lipinski definition) is 0. The molecule has 1 saturated carbocycles. The fourth-order valence-electron chi connectivity index (χ4n) is 4.66. The van der Waals surface area contributed by atoms with Crippen LogP contribution in [0.1, 0.15) is 38.5 Å². The van der Waals surface area contributed by atoms with Crippen LogP contribution in [0.2, 0.25) is 0 Å². The quantitative estimate of drug-likeness (QED) is 0.761. The molecule has 4 rings (SSSR count). The molecule has 0 unspecified atom stereocenters. The lowest BCUT2D eigenvalue weighted by atomic mass is 9.75. The molecule has 1 aliphatic carbocycles. The highest BCUT2D eigenvalue weighted by Gasteiger charge is 2.53. The number of piperazine rings is 1. The average molecular weight is 360 g/mol. The molecular formula is C20H25FN2O3. The SMILES string of the molecule is O=C1C[C@H](C(=O)N2CCN(c3ccc(F)cc3)CC2)C2(CCCCC2)O1. The maximum absolute atomic E-state index is 13.1. The smallest absolute Gasteiger partial charge is 0.307 e. The minimum Gasteiger partial charge on any atom is -0.458 e. The Labute approximate surface area is 153 Å². The zero-order valence-electron chi connectivity index (χ0n) is 15.0. The van der Waals surface area contributed by atoms with Crippen LogP contribution in [-0.4, -0.2) is 48.6 Å². The van der Waals surface area contributed by atoms with Gasteiger partial charge in [0.1, 0.15) is 11.4 Å². The first-order chi connectivity index (χ1) is 12.6. The number of halogens is 1. The van der Waals surface area contributed by atoms with Crippen LogP contribution < -0.4 is 4.90 Å². The van der Waals surface area contributed by atoms with Crippen molar-refractivity contribution in [2.45, 2.75) is 44.1 Å². The topological polar surface area (TPSA) is 49.9 Å². The highest BCUT2D eigenvalue weighted by Crippen LogP contribution is 2.45. The summed E-state index contributed by atoms with van der Waals surface area (Å²) in [6, 6.07) is 6.46. The predicted molar refractivity (Wildman–Crippen MR) is 95.2 cm³/mol. The van der Waals surface area contributed by atoms with Gasteiger partial charge in [0.25, 0.3) is 0 Å². The number of anilines is 1. The summed E-state index contributed by atoms with van der Waals surface area (Å²) in [4.78, 5) is 29.1. The third kappa shape index (κ3) is 3.17. The number of carbonyl (C=O) groups is 2. The lowest BCUT2D eigenvalue weighted by Crippen LogP contribution is -2.53. The van der Waals surface area contributed by atoms with E-state index in [0.717, 1.165) is 37.8 Å². The van der Waals surface area contributed by atoms with Crippen molar-refractivity contribution in [1.82, 2.24) is 4.90 Å². The molecule has 5 nitrogen and oxygen atoms in total. The van der Waals surface area contributed by atoms with Crippen molar-refractivity contribution >= 4 is 17.6 Å². The predicted octanol–water partition coefficient (Wildman–Crippen LogP) is 2.74. The third-order valence-corrected chi connectivity index (χ3v) is 6.10. The van der Waals surface area contributed by atoms with E-state index in [4.69, 9.17) is 4.74 Å². The molecule has 2 heterocycles. The summed E-state index contributed by atoms with van der Waals surface area (Å²) >= 11 is 0. The maximum atomic E-state index is 13.1. The molecule has 0 bridgehead atoms. The Morgan fingerprint density at radius 1 is 1.04 bits per heavy atom. The number of rotatable bonds is 2. The van der Waals surface area contributed by atoms with E-state index in [0.29, 0.717) is 26.2 Å². The van der Waals surface area contributed by atoms with Gasteiger partial charge in [0.2, 0.25) is 5.91 Å². The van der Waals surface area contributed by atoms with Crippen LogP contribution in [0.3, 0.4) is 0 Å². The fraction of sp³-hybridized carbons (Fsp3) is 0.600. The first kappa shape index (κ1) is 17.3. The molecule has 3 fully saturated rings. The molecule has 26 heavy (non-hydrogen) atoms. The fourth-order valence-corrected chi connectivity index (χ4v) is 4.66. The van der Waals surface area contributed by atoms with Crippen LogP contribution in [0.25, 0.3) is 0 Å². The normalized spacial score (nSPS) is 25.4. The first-order valence-electron chi connectivity index (χ1n) is 9.59. The van der Waals surface area contributed by atoms with Gasteiger partial charge in [-0.3, -0.25) is 9.59 Å². The molecule has 1 aromatic rings. The number of benzene rings is 1. The molecule has 0 N–H and O–H groups in total. The van der Waals surface area contributed by atoms with E-state index >= 15 is 0 Å². The molecule has 2 saturated heterocycles. The highest BCUT2D eigenvalue weighted by atomic mass is 19.1. The van der Waals surface area contributed by atoms with Gasteiger partial charge < -0.3 is 14.5 Å². The Bertz CT molecular complexity index is 677. The van der Waals surface area contributed by atoms with E-state index in [1.54, 1.807) is 12.1 Å². The standard InChI is InChI=1S/C20H25FN2O3/c21-15-4-6-16(7-5-15)22-10-12-23(13-11-22)19(25)17-14-18(24)26-20(17)8-2-1-3-9-20/h4-7,17H,1-3,8-14H2/t17-/m1/s1. The van der Waals surface area contributed by atoms with E-state index in [2.05, 4.69) is 4.90 Å². The van der Waals surface area contributed by atoms with E-state index in [-0.39, 0.29) is 30.0 Å². The first-order valence-corrected chi connectivity index (χ1v) is 9.59. The number of amides is 1. The lowest BCUT2D eigenvalue weighted by molar-refractivity contribution is -0.155. The summed E-state index contributed by atoms with van der Waals surface area (Å²) in [5.74, 6) is -0.731. The second kappa shape index (κ2) is 6.89. The van der Waals surface area contributed by atoms with Crippen LogP contribution >= 0.6 is 0 Å². The van der Waals surface area contributed by atoms with Gasteiger partial charge in [0.15, 0.2) is 0 Å². The molecule has 3 aliphatic rings. The molecule has 0 aromatic heterocycles. The molecule has 1 spiro atoms. The van der Waals surface area contributed by atoms with Gasteiger partial charge in [0, 0.05) is 31.9 Å². The van der Waals surface area contributed by atoms with E-state index in [9.17, 15) is 14.0 Å². The average Bonchev–Trinajstić information content (AvgIpc) is 2.98. The minimum absolute atomic E-state index is 0.0662. The van der Waals surface area contributed by atoms with Gasteiger partial charge in [-0.15, -0.1) is 0 Å². The Kier molecular flexibility index (Phi) is 4.59. The van der Waals surface area contributed by atoms with Gasteiger partial charge in [-0.05, 0) is 49.9 Å². The molecule has 1 aromatic carbocycles. The van der Waals surface area contributed by atoms with E-state index in [1.807, 2.05) is 4.90 Å². The summed E-state index contributed by atoms with van der Waals surface area (Å²) < 4.78 is 18.8. The van der Waals surface area contributed by atoms with Crippen LogP contribution in [0, 0.1) is 11.7 Å². The number of ether oxygens (including phenoxy) is 1. The van der Waals surface area contributed by atoms with Crippen molar-refractivity contribution in [1.29, 1.82) is 0 Å². The Balaban J connectivity index is 1.41. The second-order valence-electron chi connectivity index (χ2n) is 7.64. The summed E-state index contributed by atoms with van der Waals surface area (Å²) in [6.07, 6.45) is 5.04. The van der Waals surface area contributed by atoms with Crippen LogP contribution in [0.15, 0.2) is 24.3 Å². The minimum atomic E-state index is -0.555. The number of esters is 1. The number of carbonyl (C=O) groups excluding carboxylic acids is 2. The highest BCUT2D eigenvalue weighted by molar-refractivity contribution is 5.88. The Morgan fingerprint density at radius 3 is 2.35 bits per heavy atom. The van der Waals surface area contributed by atoms with Crippen LogP contribution in [0.4, 0.5) is 10.1 Å². The van der Waals surface area contributed by atoms with Gasteiger partial charge in [-0.25, -0.2) is 4.39 Å². The Hall–Kier alpha value is -2.11. The third-order valence-electron chi connectivity index (χ3n) is 6.10. The Morgan fingerprint density at radius 2 is 1.69 bits per heavy atom. The van der Waals surface area contributed by atoms with Gasteiger partial charge in [-0.1, -0.05) is 6.42 Å². The number of hydrogen-bond acceptors (Lipinski definition) is 4. The summed E-state index contributed by atoms with van der Waals surface area (Å²) in [6.45, 7) is 2.67. The van der Waals surface area contributed by atoms with E-state index < -0.39 is 5.60 Å². The maximum Gasteiger partial charge on any atom is 0.307 e. The molecule has 6 heteroatoms. The summed E-state index contributed by atoms with van der Waals surface area (Å²) in [5.41, 5.74) is 0.419. The van der Waals surface area contributed by atoms with Gasteiger partial charge >= 0.3 is 5.97 Å². The van der Waals surface area contributed by atoms with Crippen LogP contribution in [0.5, 0.6) is 0 Å². The van der Waals surface area contributed by atoms with Crippen molar-refractivity contribution in [3.63, 3.8) is 0 Å². The zero-order chi connectivity index (χ0) is 18.1. The summed E-state index contributed by atoms with van der Waals surface area (Å²) in [5, 5.41) is 0. The van der Waals surface area contributed by atoms with Crippen LogP contribution in [-0.2, 0) is 14.3 Å². The van der Waals surface area contributed by atoms with Crippen molar-refractivity contribution < 1.29 is 18.7 Å². The van der Waals surface area contributed by atoms with Crippen molar-refractivity contribution in [3.05, 3.63) is 30.1 Å². The van der Waals surface area contributed by atoms with Crippen molar-refractivity contribution in [2.75, 3.05) is 31.1 Å². The van der Waals surface area contributed by atoms with Crippen molar-refractivity contribution in [2.24, 2.45) is 5.92 Å². The van der Waals surface area contributed by atoms with Gasteiger partial charge in [0.05, 0.1) is 12.3 Å². The molecule has 0 radical (unpaired) electrons.